The molecule has 1 heterocycles. The van der Waals surface area contributed by atoms with Crippen molar-refractivity contribution >= 4 is 23.5 Å². The van der Waals surface area contributed by atoms with Crippen LogP contribution < -0.4 is 9.47 Å². The van der Waals surface area contributed by atoms with Crippen LogP contribution in [0.15, 0.2) is 60.4 Å². The third-order valence-corrected chi connectivity index (χ3v) is 5.16. The van der Waals surface area contributed by atoms with Crippen molar-refractivity contribution < 1.29 is 18.7 Å². The topological polar surface area (TPSA) is 35.5 Å². The Morgan fingerprint density at radius 1 is 1.07 bits per heavy atom. The minimum absolute atomic E-state index is 0.0331. The highest BCUT2D eigenvalue weighted by Gasteiger charge is 2.30. The predicted octanol–water partition coefficient (Wildman–Crippen LogP) is 6.29. The monoisotopic (exact) mass is 408 g/mol. The van der Waals surface area contributed by atoms with Gasteiger partial charge in [0.25, 0.3) is 0 Å². The quantitative estimate of drug-likeness (QED) is 0.476. The first-order valence-electron chi connectivity index (χ1n) is 9.14. The van der Waals surface area contributed by atoms with Crippen molar-refractivity contribution in [2.24, 2.45) is 0 Å². The van der Waals surface area contributed by atoms with E-state index in [9.17, 15) is 9.18 Å². The molecule has 3 nitrogen and oxygen atoms in total. The molecule has 0 saturated carbocycles. The fourth-order valence-electron chi connectivity index (χ4n) is 3.15. The number of carbonyl (C=O) groups excluding carboxylic acids is 1. The predicted molar refractivity (Wildman–Crippen MR) is 111 cm³/mol. The summed E-state index contributed by atoms with van der Waals surface area (Å²) >= 11 is 6.06. The molecule has 3 aromatic carbocycles. The average Bonchev–Trinajstić information content (AvgIpc) is 3.02. The number of carbonyl (C=O) groups is 1. The molecule has 3 aromatic rings. The molecule has 0 atom stereocenters. The molecule has 0 saturated heterocycles. The second-order valence-corrected chi connectivity index (χ2v) is 7.32. The van der Waals surface area contributed by atoms with Crippen LogP contribution >= 0.6 is 11.6 Å². The van der Waals surface area contributed by atoms with Gasteiger partial charge in [0.15, 0.2) is 5.76 Å². The summed E-state index contributed by atoms with van der Waals surface area (Å²) in [4.78, 5) is 12.7. The summed E-state index contributed by atoms with van der Waals surface area (Å²) in [7, 11) is 0. The van der Waals surface area contributed by atoms with Gasteiger partial charge in [-0.3, -0.25) is 4.79 Å². The number of Topliss-reactive ketones (excluding diaryl/α,β-unsaturated/α-hetero) is 1. The first-order valence-corrected chi connectivity index (χ1v) is 9.52. The van der Waals surface area contributed by atoms with E-state index in [1.54, 1.807) is 18.2 Å². The number of fused-ring (bicyclic) bond motifs is 1. The van der Waals surface area contributed by atoms with Crippen LogP contribution in [0.2, 0.25) is 5.02 Å². The maximum atomic E-state index is 14.1. The number of aryl methyl sites for hydroxylation is 1. The van der Waals surface area contributed by atoms with Gasteiger partial charge in [0.2, 0.25) is 5.78 Å². The van der Waals surface area contributed by atoms with E-state index in [1.807, 2.05) is 38.1 Å². The molecule has 0 aromatic heterocycles. The Balaban J connectivity index is 1.60. The number of hydrogen-bond donors (Lipinski definition) is 0. The van der Waals surface area contributed by atoms with Gasteiger partial charge in [-0.15, -0.1) is 0 Å². The Kier molecular flexibility index (Phi) is 5.12. The number of halogens is 2. The Morgan fingerprint density at radius 2 is 1.83 bits per heavy atom. The summed E-state index contributed by atoms with van der Waals surface area (Å²) in [6.07, 6.45) is 1.34. The molecule has 29 heavy (non-hydrogen) atoms. The Bertz CT molecular complexity index is 1110. The highest BCUT2D eigenvalue weighted by Crippen LogP contribution is 2.40. The molecule has 0 aliphatic carbocycles. The van der Waals surface area contributed by atoms with Crippen LogP contribution in [0.3, 0.4) is 0 Å². The lowest BCUT2D eigenvalue weighted by atomic mass is 10.1. The van der Waals surface area contributed by atoms with Crippen molar-refractivity contribution in [2.45, 2.75) is 20.5 Å². The summed E-state index contributed by atoms with van der Waals surface area (Å²) in [5.41, 5.74) is 3.49. The first kappa shape index (κ1) is 19.2. The molecule has 0 spiro atoms. The third-order valence-electron chi connectivity index (χ3n) is 4.83. The zero-order chi connectivity index (χ0) is 20.5. The fraction of sp³-hybridized carbons (Fsp3) is 0.125. The van der Waals surface area contributed by atoms with E-state index in [0.717, 1.165) is 5.56 Å². The van der Waals surface area contributed by atoms with E-state index in [-0.39, 0.29) is 22.1 Å². The molecule has 5 heteroatoms. The molecule has 1 aliphatic heterocycles. The minimum Gasteiger partial charge on any atom is -0.488 e. The van der Waals surface area contributed by atoms with Crippen LogP contribution in [-0.4, -0.2) is 5.78 Å². The Labute approximate surface area is 173 Å². The number of ether oxygens (including phenoxy) is 2. The third kappa shape index (κ3) is 3.76. The standard InChI is InChI=1S/C24H18ClFO3/c1-14-6-8-16(9-7-14)13-28-21-11-10-17-23(27)22(29-24(17)15(21)2)12-18-19(25)4-3-5-20(18)26/h3-12H,13H2,1-2H3/b22-12-. The fourth-order valence-corrected chi connectivity index (χ4v) is 3.37. The molecule has 1 aliphatic rings. The largest absolute Gasteiger partial charge is 0.488 e. The van der Waals surface area contributed by atoms with Gasteiger partial charge in [0.1, 0.15) is 23.9 Å². The number of hydrogen-bond acceptors (Lipinski definition) is 3. The lowest BCUT2D eigenvalue weighted by Crippen LogP contribution is -1.99. The summed E-state index contributed by atoms with van der Waals surface area (Å²) in [6.45, 7) is 4.26. The van der Waals surface area contributed by atoms with Crippen molar-refractivity contribution in [3.8, 4) is 11.5 Å². The molecule has 0 fully saturated rings. The zero-order valence-corrected chi connectivity index (χ0v) is 16.7. The van der Waals surface area contributed by atoms with Crippen LogP contribution in [0.25, 0.3) is 6.08 Å². The summed E-state index contributed by atoms with van der Waals surface area (Å²) in [5, 5.41) is 0.212. The Hall–Kier alpha value is -3.11. The molecular weight excluding hydrogens is 391 g/mol. The molecule has 146 valence electrons. The van der Waals surface area contributed by atoms with E-state index >= 15 is 0 Å². The minimum atomic E-state index is -0.517. The smallest absolute Gasteiger partial charge is 0.231 e. The molecule has 0 unspecified atom stereocenters. The van der Waals surface area contributed by atoms with Crippen molar-refractivity contribution in [1.29, 1.82) is 0 Å². The maximum Gasteiger partial charge on any atom is 0.231 e. The average molecular weight is 409 g/mol. The zero-order valence-electron chi connectivity index (χ0n) is 16.0. The molecule has 0 N–H and O–H groups in total. The molecule has 0 radical (unpaired) electrons. The van der Waals surface area contributed by atoms with Gasteiger partial charge < -0.3 is 9.47 Å². The molecule has 0 amide bonds. The highest BCUT2D eigenvalue weighted by atomic mass is 35.5. The van der Waals surface area contributed by atoms with E-state index in [4.69, 9.17) is 21.1 Å². The normalized spacial score (nSPS) is 14.1. The van der Waals surface area contributed by atoms with Gasteiger partial charge in [0.05, 0.1) is 10.6 Å². The molecular formula is C24H18ClFO3. The second kappa shape index (κ2) is 7.72. The van der Waals surface area contributed by atoms with Crippen molar-refractivity contribution in [1.82, 2.24) is 0 Å². The number of rotatable bonds is 4. The summed E-state index contributed by atoms with van der Waals surface area (Å²) in [6, 6.07) is 15.9. The van der Waals surface area contributed by atoms with Gasteiger partial charge in [-0.25, -0.2) is 4.39 Å². The maximum absolute atomic E-state index is 14.1. The van der Waals surface area contributed by atoms with Crippen LogP contribution in [0.5, 0.6) is 11.5 Å². The van der Waals surface area contributed by atoms with Crippen LogP contribution in [0.4, 0.5) is 4.39 Å². The molecule has 4 rings (SSSR count). The van der Waals surface area contributed by atoms with Gasteiger partial charge in [-0.05, 0) is 49.8 Å². The summed E-state index contributed by atoms with van der Waals surface area (Å²) in [5.74, 6) is 0.256. The van der Waals surface area contributed by atoms with Crippen LogP contribution in [0.1, 0.15) is 32.6 Å². The van der Waals surface area contributed by atoms with Gasteiger partial charge in [-0.1, -0.05) is 47.5 Å². The lowest BCUT2D eigenvalue weighted by molar-refractivity contribution is 0.101. The molecule has 0 bridgehead atoms. The SMILES string of the molecule is Cc1ccc(COc2ccc3c(c2C)O/C(=C\c2c(F)cccc2Cl)C3=O)cc1. The number of allylic oxidation sites excluding steroid dienone is 1. The summed E-state index contributed by atoms with van der Waals surface area (Å²) < 4.78 is 25.8. The van der Waals surface area contributed by atoms with Gasteiger partial charge in [0, 0.05) is 11.1 Å². The van der Waals surface area contributed by atoms with Crippen LogP contribution in [0, 0.1) is 19.7 Å². The Morgan fingerprint density at radius 3 is 2.55 bits per heavy atom. The van der Waals surface area contributed by atoms with Crippen molar-refractivity contribution in [2.75, 3.05) is 0 Å². The number of benzene rings is 3. The van der Waals surface area contributed by atoms with Crippen LogP contribution in [-0.2, 0) is 6.61 Å². The van der Waals surface area contributed by atoms with E-state index < -0.39 is 5.82 Å². The first-order chi connectivity index (χ1) is 13.9. The van der Waals surface area contributed by atoms with Gasteiger partial charge in [-0.2, -0.15) is 0 Å². The van der Waals surface area contributed by atoms with Crippen molar-refractivity contribution in [3.63, 3.8) is 0 Å². The van der Waals surface area contributed by atoms with E-state index in [1.165, 1.54) is 23.8 Å². The van der Waals surface area contributed by atoms with Crippen molar-refractivity contribution in [3.05, 3.63) is 99.0 Å². The van der Waals surface area contributed by atoms with E-state index in [2.05, 4.69) is 0 Å². The van der Waals surface area contributed by atoms with Gasteiger partial charge >= 0.3 is 0 Å². The van der Waals surface area contributed by atoms with E-state index in [0.29, 0.717) is 29.2 Å². The second-order valence-electron chi connectivity index (χ2n) is 6.91. The number of ketones is 1. The highest BCUT2D eigenvalue weighted by molar-refractivity contribution is 6.32. The lowest BCUT2D eigenvalue weighted by Gasteiger charge is -2.11.